The van der Waals surface area contributed by atoms with E-state index in [1.165, 1.54) is 0 Å². The largest absolute Gasteiger partial charge is 0.478 e. The summed E-state index contributed by atoms with van der Waals surface area (Å²) in [6.07, 6.45) is 3.53. The maximum Gasteiger partial charge on any atom is 0.331 e. The van der Waals surface area contributed by atoms with E-state index >= 15 is 0 Å². The number of aliphatic hydroxyl groups excluding tert-OH is 1. The number of rotatable bonds is 6. The van der Waals surface area contributed by atoms with Gasteiger partial charge in [0.15, 0.2) is 0 Å². The fraction of sp³-hybridized carbons (Fsp3) is 0.727. The van der Waals surface area contributed by atoms with Gasteiger partial charge in [-0.3, -0.25) is 0 Å². The molecule has 16 heavy (non-hydrogen) atoms. The van der Waals surface area contributed by atoms with Crippen molar-refractivity contribution in [2.75, 3.05) is 26.4 Å². The molecule has 2 aliphatic heterocycles. The molecule has 0 aromatic carbocycles. The Morgan fingerprint density at radius 3 is 2.38 bits per heavy atom. The van der Waals surface area contributed by atoms with Crippen molar-refractivity contribution in [1.82, 2.24) is 0 Å². The maximum absolute atomic E-state index is 10.7. The molecule has 1 unspecified atom stereocenters. The second-order valence-corrected chi connectivity index (χ2v) is 3.66. The van der Waals surface area contributed by atoms with Crippen LogP contribution in [-0.4, -0.2) is 48.7 Å². The van der Waals surface area contributed by atoms with Crippen molar-refractivity contribution < 1.29 is 24.5 Å². The van der Waals surface area contributed by atoms with Gasteiger partial charge in [0.25, 0.3) is 0 Å². The first-order valence-corrected chi connectivity index (χ1v) is 5.48. The third-order valence-electron chi connectivity index (χ3n) is 2.08. The molecule has 5 heteroatoms. The van der Waals surface area contributed by atoms with Crippen LogP contribution in [-0.2, 0) is 14.3 Å². The topological polar surface area (TPSA) is 82.6 Å². The van der Waals surface area contributed by atoms with Crippen LogP contribution < -0.4 is 0 Å². The van der Waals surface area contributed by atoms with E-state index in [1.807, 2.05) is 0 Å². The van der Waals surface area contributed by atoms with Gasteiger partial charge in [0.05, 0.1) is 25.9 Å². The lowest BCUT2D eigenvalue weighted by Gasteiger charge is -1.99. The molecule has 2 saturated heterocycles. The van der Waals surface area contributed by atoms with Crippen molar-refractivity contribution in [3.63, 3.8) is 0 Å². The number of carboxylic acids is 1. The zero-order chi connectivity index (χ0) is 11.8. The van der Waals surface area contributed by atoms with E-state index in [1.54, 1.807) is 6.08 Å². The molecule has 1 atom stereocenters. The number of unbranched alkanes of at least 4 members (excludes halogenated alkanes) is 1. The lowest BCUT2D eigenvalue weighted by Crippen LogP contribution is -2.02. The predicted molar refractivity (Wildman–Crippen MR) is 57.2 cm³/mol. The molecule has 0 saturated carbocycles. The average Bonchev–Trinajstić information content (AvgIpc) is 3.08. The van der Waals surface area contributed by atoms with Crippen molar-refractivity contribution in [2.45, 2.75) is 25.4 Å². The molecule has 0 spiro atoms. The van der Waals surface area contributed by atoms with Gasteiger partial charge in [-0.25, -0.2) is 4.79 Å². The zero-order valence-electron chi connectivity index (χ0n) is 9.22. The second kappa shape index (κ2) is 7.38. The van der Waals surface area contributed by atoms with E-state index in [2.05, 4.69) is 4.74 Å². The Bertz CT molecular complexity index is 240. The number of carboxylic acid groups (broad SMARTS) is 1. The number of aliphatic hydroxyl groups is 1. The van der Waals surface area contributed by atoms with Gasteiger partial charge in [0.2, 0.25) is 0 Å². The van der Waals surface area contributed by atoms with Gasteiger partial charge in [-0.05, 0) is 25.3 Å². The van der Waals surface area contributed by atoms with Gasteiger partial charge in [-0.15, -0.1) is 0 Å². The SMILES string of the molecule is C1CO1.O=C(O)C(=CC1CO1)CCCCO. The molecule has 92 valence electrons. The van der Waals surface area contributed by atoms with E-state index in [-0.39, 0.29) is 12.7 Å². The summed E-state index contributed by atoms with van der Waals surface area (Å²) in [5.41, 5.74) is 0.399. The average molecular weight is 230 g/mol. The zero-order valence-corrected chi connectivity index (χ0v) is 9.22. The molecule has 5 nitrogen and oxygen atoms in total. The fourth-order valence-corrected chi connectivity index (χ4v) is 1.06. The van der Waals surface area contributed by atoms with Gasteiger partial charge in [0.1, 0.15) is 0 Å². The highest BCUT2D eigenvalue weighted by atomic mass is 16.6. The van der Waals surface area contributed by atoms with Crippen LogP contribution >= 0.6 is 0 Å². The van der Waals surface area contributed by atoms with Gasteiger partial charge < -0.3 is 19.7 Å². The summed E-state index contributed by atoms with van der Waals surface area (Å²) >= 11 is 0. The van der Waals surface area contributed by atoms with Crippen molar-refractivity contribution >= 4 is 5.97 Å². The number of aliphatic carboxylic acids is 1. The van der Waals surface area contributed by atoms with Crippen LogP contribution in [0.25, 0.3) is 0 Å². The van der Waals surface area contributed by atoms with E-state index in [4.69, 9.17) is 14.9 Å². The number of epoxide rings is 2. The fourth-order valence-electron chi connectivity index (χ4n) is 1.06. The molecule has 0 aromatic rings. The molecule has 2 heterocycles. The number of carbonyl (C=O) groups is 1. The van der Waals surface area contributed by atoms with Crippen LogP contribution in [0.4, 0.5) is 0 Å². The van der Waals surface area contributed by atoms with Crippen LogP contribution in [0.15, 0.2) is 11.6 Å². The molecular formula is C11H18O5. The number of ether oxygens (including phenoxy) is 2. The Balaban J connectivity index is 0.000000365. The van der Waals surface area contributed by atoms with Gasteiger partial charge >= 0.3 is 5.97 Å². The highest BCUT2D eigenvalue weighted by Gasteiger charge is 2.21. The van der Waals surface area contributed by atoms with Gasteiger partial charge in [-0.1, -0.05) is 0 Å². The minimum absolute atomic E-state index is 0.0141. The van der Waals surface area contributed by atoms with Crippen LogP contribution in [0, 0.1) is 0 Å². The summed E-state index contributed by atoms with van der Waals surface area (Å²) in [5.74, 6) is -0.881. The van der Waals surface area contributed by atoms with E-state index < -0.39 is 5.97 Å². The molecule has 2 N–H and O–H groups in total. The molecule has 2 rings (SSSR count). The van der Waals surface area contributed by atoms with E-state index in [9.17, 15) is 4.79 Å². The Hall–Kier alpha value is -0.910. The first-order chi connectivity index (χ1) is 7.74. The summed E-state index contributed by atoms with van der Waals surface area (Å²) < 4.78 is 9.41. The normalized spacial score (nSPS) is 22.1. The number of hydrogen-bond acceptors (Lipinski definition) is 4. The third-order valence-corrected chi connectivity index (χ3v) is 2.08. The minimum Gasteiger partial charge on any atom is -0.478 e. The monoisotopic (exact) mass is 230 g/mol. The molecule has 0 aliphatic carbocycles. The van der Waals surface area contributed by atoms with Gasteiger partial charge in [-0.2, -0.15) is 0 Å². The summed E-state index contributed by atoms with van der Waals surface area (Å²) in [6, 6.07) is 0. The number of hydrogen-bond donors (Lipinski definition) is 2. The molecular weight excluding hydrogens is 212 g/mol. The van der Waals surface area contributed by atoms with Crippen molar-refractivity contribution in [1.29, 1.82) is 0 Å². The summed E-state index contributed by atoms with van der Waals surface area (Å²) in [5, 5.41) is 17.3. The Kier molecular flexibility index (Phi) is 6.07. The first-order valence-electron chi connectivity index (χ1n) is 5.48. The quantitative estimate of drug-likeness (QED) is 0.396. The van der Waals surface area contributed by atoms with Crippen LogP contribution in [0.5, 0.6) is 0 Å². The molecule has 2 aliphatic rings. The molecule has 0 aromatic heterocycles. The smallest absolute Gasteiger partial charge is 0.331 e. The predicted octanol–water partition coefficient (Wildman–Crippen LogP) is 0.575. The standard InChI is InChI=1S/C9H14O4.C2H4O/c10-4-2-1-3-7(9(11)12)5-8-6-13-8;1-2-3-1/h5,8,10H,1-4,6H2,(H,11,12);1-2H2. The summed E-state index contributed by atoms with van der Waals surface area (Å²) in [6.45, 7) is 2.75. The summed E-state index contributed by atoms with van der Waals surface area (Å²) in [4.78, 5) is 10.7. The summed E-state index contributed by atoms with van der Waals surface area (Å²) in [7, 11) is 0. The first kappa shape index (κ1) is 13.2. The van der Waals surface area contributed by atoms with Crippen molar-refractivity contribution in [3.05, 3.63) is 11.6 Å². The molecule has 0 amide bonds. The Morgan fingerprint density at radius 2 is 2.00 bits per heavy atom. The van der Waals surface area contributed by atoms with Crippen molar-refractivity contribution in [3.8, 4) is 0 Å². The lowest BCUT2D eigenvalue weighted by atomic mass is 10.1. The maximum atomic E-state index is 10.7. The van der Waals surface area contributed by atoms with Crippen LogP contribution in [0.2, 0.25) is 0 Å². The highest BCUT2D eigenvalue weighted by molar-refractivity contribution is 5.86. The molecule has 0 bridgehead atoms. The Labute approximate surface area is 94.7 Å². The van der Waals surface area contributed by atoms with E-state index in [0.717, 1.165) is 13.2 Å². The second-order valence-electron chi connectivity index (χ2n) is 3.66. The third kappa shape index (κ3) is 7.39. The minimum atomic E-state index is -0.881. The van der Waals surface area contributed by atoms with Gasteiger partial charge in [0, 0.05) is 12.2 Å². The molecule has 0 radical (unpaired) electrons. The van der Waals surface area contributed by atoms with Crippen molar-refractivity contribution in [2.24, 2.45) is 0 Å². The van der Waals surface area contributed by atoms with Crippen LogP contribution in [0.3, 0.4) is 0 Å². The lowest BCUT2D eigenvalue weighted by molar-refractivity contribution is -0.132. The molecule has 2 fully saturated rings. The van der Waals surface area contributed by atoms with E-state index in [0.29, 0.717) is 31.4 Å². The van der Waals surface area contributed by atoms with Crippen LogP contribution in [0.1, 0.15) is 19.3 Å². The highest BCUT2D eigenvalue weighted by Crippen LogP contribution is 2.16. The Morgan fingerprint density at radius 1 is 1.38 bits per heavy atom.